The van der Waals surface area contributed by atoms with Crippen LogP contribution in [0.3, 0.4) is 0 Å². The van der Waals surface area contributed by atoms with E-state index >= 15 is 0 Å². The van der Waals surface area contributed by atoms with E-state index < -0.39 is 23.9 Å². The van der Waals surface area contributed by atoms with Crippen molar-refractivity contribution in [1.29, 1.82) is 0 Å². The Morgan fingerprint density at radius 1 is 0.588 bits per heavy atom. The van der Waals surface area contributed by atoms with Crippen LogP contribution in [0.15, 0.2) is 24.3 Å². The Kier molecular flexibility index (Phi) is 15.2. The summed E-state index contributed by atoms with van der Waals surface area (Å²) in [5.41, 5.74) is 0. The number of carbonyl (C=O) groups is 4. The maximum absolute atomic E-state index is 9.55. The molecular weight excluding hydrogens is 247 g/mol. The predicted molar refractivity (Wildman–Crippen MR) is 49.9 cm³/mol. The average Bonchev–Trinajstić information content (AvgIpc) is 2.12. The summed E-state index contributed by atoms with van der Waals surface area (Å²) in [6, 6.07) is 0. The van der Waals surface area contributed by atoms with Crippen molar-refractivity contribution in [1.82, 2.24) is 0 Å². The summed E-state index contributed by atoms with van der Waals surface area (Å²) in [5, 5.41) is 31.2. The smallest absolute Gasteiger partial charge is 1.00 e. The number of hydrogen-bond donors (Lipinski definition) is 4. The molecule has 0 unspecified atom stereocenters. The second-order valence-electron chi connectivity index (χ2n) is 2.02. The Hall–Kier alpha value is -1.64. The van der Waals surface area contributed by atoms with Crippen LogP contribution in [0.4, 0.5) is 0 Å². The van der Waals surface area contributed by atoms with Gasteiger partial charge in [-0.3, -0.25) is 0 Å². The van der Waals surface area contributed by atoms with Crippen LogP contribution in [-0.2, 0) is 19.2 Å². The molecule has 0 aromatic rings. The van der Waals surface area contributed by atoms with Crippen molar-refractivity contribution >= 4 is 23.9 Å². The first-order valence-corrected chi connectivity index (χ1v) is 3.53. The van der Waals surface area contributed by atoms with E-state index in [2.05, 4.69) is 0 Å². The summed E-state index contributed by atoms with van der Waals surface area (Å²) in [4.78, 5) is 38.2. The summed E-state index contributed by atoms with van der Waals surface area (Å²) in [6.45, 7) is 0. The molecule has 0 heterocycles. The molecule has 90 valence electrons. The third kappa shape index (κ3) is 31.4. The van der Waals surface area contributed by atoms with E-state index in [0.717, 1.165) is 0 Å². The van der Waals surface area contributed by atoms with E-state index in [0.29, 0.717) is 24.3 Å². The van der Waals surface area contributed by atoms with Gasteiger partial charge in [0.05, 0.1) is 0 Å². The average molecular weight is 256 g/mol. The van der Waals surface area contributed by atoms with Gasteiger partial charge >= 0.3 is 53.4 Å². The molecule has 9 heteroatoms. The van der Waals surface area contributed by atoms with E-state index in [1.54, 1.807) is 0 Å². The van der Waals surface area contributed by atoms with Gasteiger partial charge in [-0.1, -0.05) is 0 Å². The minimum Gasteiger partial charge on any atom is -1.00 e. The van der Waals surface area contributed by atoms with Gasteiger partial charge in [0.15, 0.2) is 0 Å². The van der Waals surface area contributed by atoms with E-state index in [1.807, 2.05) is 0 Å². The van der Waals surface area contributed by atoms with Crippen LogP contribution in [0, 0.1) is 0 Å². The molecule has 8 nitrogen and oxygen atoms in total. The zero-order valence-corrected chi connectivity index (χ0v) is 10.7. The summed E-state index contributed by atoms with van der Waals surface area (Å²) >= 11 is 0. The van der Waals surface area contributed by atoms with Crippen LogP contribution in [0.25, 0.3) is 0 Å². The number of rotatable bonds is 4. The molecule has 0 fully saturated rings. The van der Waals surface area contributed by atoms with E-state index in [9.17, 15) is 19.2 Å². The second-order valence-corrected chi connectivity index (χ2v) is 2.02. The van der Waals surface area contributed by atoms with Crippen molar-refractivity contribution in [3.05, 3.63) is 24.3 Å². The van der Waals surface area contributed by atoms with Crippen LogP contribution in [0.2, 0.25) is 0 Å². The van der Waals surface area contributed by atoms with Gasteiger partial charge in [0.25, 0.3) is 0 Å². The van der Waals surface area contributed by atoms with E-state index in [-0.39, 0.29) is 31.0 Å². The van der Waals surface area contributed by atoms with Gasteiger partial charge in [-0.25, -0.2) is 19.2 Å². The van der Waals surface area contributed by atoms with Gasteiger partial charge in [-0.2, -0.15) is 0 Å². The zero-order chi connectivity index (χ0) is 13.1. The van der Waals surface area contributed by atoms with Gasteiger partial charge in [-0.05, 0) is 0 Å². The molecule has 0 bridgehead atoms. The van der Waals surface area contributed by atoms with Gasteiger partial charge < -0.3 is 21.9 Å². The van der Waals surface area contributed by atoms with Gasteiger partial charge in [0.1, 0.15) is 0 Å². The maximum Gasteiger partial charge on any atom is 1.00 e. The van der Waals surface area contributed by atoms with E-state index in [1.165, 1.54) is 0 Å². The number of hydrogen-bond acceptors (Lipinski definition) is 4. The number of aliphatic carboxylic acids is 4. The van der Waals surface area contributed by atoms with Crippen molar-refractivity contribution in [2.24, 2.45) is 0 Å². The Morgan fingerprint density at radius 3 is 0.765 bits per heavy atom. The molecule has 0 amide bonds. The van der Waals surface area contributed by atoms with Crippen LogP contribution in [0.5, 0.6) is 0 Å². The molecule has 0 radical (unpaired) electrons. The minimum atomic E-state index is -1.26. The fraction of sp³-hybridized carbons (Fsp3) is 0. The summed E-state index contributed by atoms with van der Waals surface area (Å²) < 4.78 is 0. The monoisotopic (exact) mass is 256 g/mol. The van der Waals surface area contributed by atoms with Crippen molar-refractivity contribution < 1.29 is 70.6 Å². The maximum atomic E-state index is 9.55. The zero-order valence-electron chi connectivity index (χ0n) is 9.73. The van der Waals surface area contributed by atoms with Crippen molar-refractivity contribution in [3.63, 3.8) is 0 Å². The summed E-state index contributed by atoms with van der Waals surface area (Å²) in [5.74, 6) is -5.03. The van der Waals surface area contributed by atoms with Crippen LogP contribution < -0.4 is 29.6 Å². The predicted octanol–water partition coefficient (Wildman–Crippen LogP) is -3.46. The standard InChI is InChI=1S/2C4H4O4.Na.H/c2*5-3(6)1-2-4(7)8;;/h2*1-2H,(H,5,6)(H,7,8);;/q;;+1;-1. The van der Waals surface area contributed by atoms with Crippen LogP contribution in [-0.4, -0.2) is 44.3 Å². The van der Waals surface area contributed by atoms with Gasteiger partial charge in [0, 0.05) is 24.3 Å². The molecule has 4 N–H and O–H groups in total. The Labute approximate surface area is 119 Å². The third-order valence-electron chi connectivity index (χ3n) is 0.737. The number of carboxylic acids is 4. The fourth-order valence-electron chi connectivity index (χ4n) is 0.285. The third-order valence-corrected chi connectivity index (χ3v) is 0.737. The quantitative estimate of drug-likeness (QED) is 0.299. The normalized spacial score (nSPS) is 8.94. The minimum absolute atomic E-state index is 0. The molecule has 17 heavy (non-hydrogen) atoms. The molecule has 0 aliphatic rings. The first-order valence-electron chi connectivity index (χ1n) is 3.53. The second kappa shape index (κ2) is 12.4. The SMILES string of the molecule is O=C(O)C=CC(=O)O.O=C(O)C=CC(=O)O.[H-].[Na+]. The van der Waals surface area contributed by atoms with Gasteiger partial charge in [0.2, 0.25) is 0 Å². The van der Waals surface area contributed by atoms with Crippen molar-refractivity contribution in [2.75, 3.05) is 0 Å². The number of carboxylic acid groups (broad SMARTS) is 4. The van der Waals surface area contributed by atoms with Crippen LogP contribution in [0.1, 0.15) is 1.43 Å². The Morgan fingerprint density at radius 2 is 0.706 bits per heavy atom. The topological polar surface area (TPSA) is 149 Å². The Bertz CT molecular complexity index is 283. The summed E-state index contributed by atoms with van der Waals surface area (Å²) in [7, 11) is 0. The molecule has 0 saturated carbocycles. The molecule has 0 saturated heterocycles. The molecule has 0 aromatic carbocycles. The molecule has 0 aromatic heterocycles. The van der Waals surface area contributed by atoms with Gasteiger partial charge in [-0.15, -0.1) is 0 Å². The molecule has 0 aliphatic carbocycles. The molecule has 0 aliphatic heterocycles. The molecule has 0 atom stereocenters. The Balaban J connectivity index is -0.0000000980. The first-order chi connectivity index (χ1) is 7.25. The van der Waals surface area contributed by atoms with Crippen molar-refractivity contribution in [3.8, 4) is 0 Å². The molecular formula is C8H9NaO8. The summed E-state index contributed by atoms with van der Waals surface area (Å²) in [6.07, 6.45) is 2.23. The fourth-order valence-corrected chi connectivity index (χ4v) is 0.285. The molecule has 0 spiro atoms. The van der Waals surface area contributed by atoms with Crippen molar-refractivity contribution in [2.45, 2.75) is 0 Å². The van der Waals surface area contributed by atoms with E-state index in [4.69, 9.17) is 20.4 Å². The largest absolute Gasteiger partial charge is 1.00 e. The van der Waals surface area contributed by atoms with Crippen LogP contribution >= 0.6 is 0 Å². The molecule has 0 rings (SSSR count). The first kappa shape index (κ1) is 20.7.